The lowest BCUT2D eigenvalue weighted by atomic mass is 9.87. The number of hydrogen-bond donors (Lipinski definition) is 3. The lowest BCUT2D eigenvalue weighted by Gasteiger charge is -2.26. The summed E-state index contributed by atoms with van der Waals surface area (Å²) >= 11 is 0. The summed E-state index contributed by atoms with van der Waals surface area (Å²) in [5.74, 6) is -0.0681. The molecule has 1 heterocycles. The van der Waals surface area contributed by atoms with Crippen molar-refractivity contribution in [2.75, 3.05) is 5.32 Å². The van der Waals surface area contributed by atoms with E-state index in [2.05, 4.69) is 5.32 Å². The highest BCUT2D eigenvalue weighted by Gasteiger charge is 2.51. The first-order valence-corrected chi connectivity index (χ1v) is 5.93. The molecular formula is C13H15NO3. The van der Waals surface area contributed by atoms with Gasteiger partial charge in [0.2, 0.25) is 0 Å². The summed E-state index contributed by atoms with van der Waals surface area (Å²) in [6.07, 6.45) is 1.61. The third-order valence-electron chi connectivity index (χ3n) is 3.67. The predicted octanol–water partition coefficient (Wildman–Crippen LogP) is 0.987. The van der Waals surface area contributed by atoms with Crippen molar-refractivity contribution in [1.29, 1.82) is 0 Å². The molecule has 1 fully saturated rings. The Morgan fingerprint density at radius 1 is 1.41 bits per heavy atom. The third kappa shape index (κ3) is 1.56. The molecule has 3 N–H and O–H groups in total. The molecule has 2 unspecified atom stereocenters. The smallest absolute Gasteiger partial charge is 0.263 e. The zero-order chi connectivity index (χ0) is 12.0. The maximum atomic E-state index is 11.9. The maximum Gasteiger partial charge on any atom is 0.263 e. The van der Waals surface area contributed by atoms with Crippen LogP contribution in [0, 0.1) is 5.92 Å². The summed E-state index contributed by atoms with van der Waals surface area (Å²) in [6, 6.07) is 6.96. The van der Waals surface area contributed by atoms with Crippen LogP contribution in [-0.2, 0) is 10.4 Å². The molecule has 2 aliphatic rings. The van der Waals surface area contributed by atoms with Crippen LogP contribution < -0.4 is 5.32 Å². The van der Waals surface area contributed by atoms with Crippen molar-refractivity contribution in [3.05, 3.63) is 29.8 Å². The summed E-state index contributed by atoms with van der Waals surface area (Å²) in [4.78, 5) is 11.9. The van der Waals surface area contributed by atoms with Gasteiger partial charge in [-0.2, -0.15) is 0 Å². The van der Waals surface area contributed by atoms with Gasteiger partial charge >= 0.3 is 0 Å². The van der Waals surface area contributed by atoms with Gasteiger partial charge in [0.15, 0.2) is 5.60 Å². The number of rotatable bonds is 3. The van der Waals surface area contributed by atoms with E-state index >= 15 is 0 Å². The number of hydrogen-bond acceptors (Lipinski definition) is 3. The summed E-state index contributed by atoms with van der Waals surface area (Å²) in [5.41, 5.74) is -0.702. The molecule has 1 saturated carbocycles. The molecule has 4 heteroatoms. The molecule has 2 atom stereocenters. The third-order valence-corrected chi connectivity index (χ3v) is 3.67. The Balaban J connectivity index is 1.96. The molecule has 0 aromatic heterocycles. The summed E-state index contributed by atoms with van der Waals surface area (Å²) < 4.78 is 0. The van der Waals surface area contributed by atoms with Crippen LogP contribution in [0.4, 0.5) is 5.69 Å². The van der Waals surface area contributed by atoms with E-state index in [1.165, 1.54) is 0 Å². The highest BCUT2D eigenvalue weighted by Crippen LogP contribution is 2.43. The molecule has 1 aromatic carbocycles. The van der Waals surface area contributed by atoms with Crippen LogP contribution in [0.2, 0.25) is 0 Å². The fourth-order valence-corrected chi connectivity index (χ4v) is 2.44. The van der Waals surface area contributed by atoms with Crippen molar-refractivity contribution in [3.8, 4) is 0 Å². The Labute approximate surface area is 99.3 Å². The standard InChI is InChI=1S/C13H15NO3/c15-11(7-8-5-6-8)13(17)9-3-1-2-4-10(9)14-12(13)16/h1-4,8,11,15,17H,5-7H2,(H,14,16). The fourth-order valence-electron chi connectivity index (χ4n) is 2.44. The van der Waals surface area contributed by atoms with E-state index in [1.54, 1.807) is 24.3 Å². The topological polar surface area (TPSA) is 69.6 Å². The zero-order valence-corrected chi connectivity index (χ0v) is 9.39. The molecule has 17 heavy (non-hydrogen) atoms. The number of aliphatic hydroxyl groups excluding tert-OH is 1. The van der Waals surface area contributed by atoms with Crippen LogP contribution in [0.25, 0.3) is 0 Å². The molecular weight excluding hydrogens is 218 g/mol. The van der Waals surface area contributed by atoms with Crippen LogP contribution in [0.15, 0.2) is 24.3 Å². The van der Waals surface area contributed by atoms with Crippen molar-refractivity contribution in [3.63, 3.8) is 0 Å². The van der Waals surface area contributed by atoms with E-state index in [1.807, 2.05) is 0 Å². The van der Waals surface area contributed by atoms with E-state index < -0.39 is 17.6 Å². The van der Waals surface area contributed by atoms with Gasteiger partial charge in [0.25, 0.3) is 5.91 Å². The van der Waals surface area contributed by atoms with Crippen molar-refractivity contribution in [2.24, 2.45) is 5.92 Å². The minimum atomic E-state index is -1.78. The fraction of sp³-hybridized carbons (Fsp3) is 0.462. The molecule has 1 aliphatic heterocycles. The second-order valence-corrected chi connectivity index (χ2v) is 4.96. The van der Waals surface area contributed by atoms with Crippen LogP contribution in [0.3, 0.4) is 0 Å². The van der Waals surface area contributed by atoms with E-state index in [0.29, 0.717) is 23.6 Å². The van der Waals surface area contributed by atoms with Gasteiger partial charge in [-0.25, -0.2) is 0 Å². The molecule has 0 saturated heterocycles. The largest absolute Gasteiger partial charge is 0.389 e. The van der Waals surface area contributed by atoms with Crippen LogP contribution in [-0.4, -0.2) is 22.2 Å². The first-order valence-electron chi connectivity index (χ1n) is 5.93. The molecule has 1 aromatic rings. The number of para-hydroxylation sites is 1. The van der Waals surface area contributed by atoms with Gasteiger partial charge < -0.3 is 15.5 Å². The Bertz CT molecular complexity index is 469. The van der Waals surface area contributed by atoms with Gasteiger partial charge in [-0.1, -0.05) is 31.0 Å². The molecule has 0 radical (unpaired) electrons. The normalized spacial score (nSPS) is 28.7. The molecule has 1 aliphatic carbocycles. The second kappa shape index (κ2) is 3.55. The Morgan fingerprint density at radius 2 is 2.12 bits per heavy atom. The highest BCUT2D eigenvalue weighted by molar-refractivity contribution is 6.05. The number of anilines is 1. The van der Waals surface area contributed by atoms with E-state index in [9.17, 15) is 15.0 Å². The van der Waals surface area contributed by atoms with Gasteiger partial charge in [0, 0.05) is 11.3 Å². The predicted molar refractivity (Wildman–Crippen MR) is 62.3 cm³/mol. The van der Waals surface area contributed by atoms with Gasteiger partial charge in [-0.15, -0.1) is 0 Å². The number of carbonyl (C=O) groups excluding carboxylic acids is 1. The van der Waals surface area contributed by atoms with E-state index in [4.69, 9.17) is 0 Å². The second-order valence-electron chi connectivity index (χ2n) is 4.96. The van der Waals surface area contributed by atoms with Crippen molar-refractivity contribution >= 4 is 11.6 Å². The number of carbonyl (C=O) groups is 1. The number of fused-ring (bicyclic) bond motifs is 1. The van der Waals surface area contributed by atoms with Crippen molar-refractivity contribution in [2.45, 2.75) is 31.0 Å². The monoisotopic (exact) mass is 233 g/mol. The van der Waals surface area contributed by atoms with E-state index in [0.717, 1.165) is 12.8 Å². The van der Waals surface area contributed by atoms with Gasteiger partial charge in [0.05, 0.1) is 6.10 Å². The average Bonchev–Trinajstić information content (AvgIpc) is 3.08. The zero-order valence-electron chi connectivity index (χ0n) is 9.39. The molecule has 0 bridgehead atoms. The van der Waals surface area contributed by atoms with Gasteiger partial charge in [-0.3, -0.25) is 4.79 Å². The van der Waals surface area contributed by atoms with Crippen molar-refractivity contribution in [1.82, 2.24) is 0 Å². The molecule has 3 rings (SSSR count). The number of amides is 1. The molecule has 90 valence electrons. The Kier molecular flexibility index (Phi) is 2.24. The summed E-state index contributed by atoms with van der Waals surface area (Å²) in [5, 5.41) is 23.2. The van der Waals surface area contributed by atoms with Crippen LogP contribution >= 0.6 is 0 Å². The lowest BCUT2D eigenvalue weighted by molar-refractivity contribution is -0.148. The number of nitrogens with one attached hydrogen (secondary N) is 1. The maximum absolute atomic E-state index is 11.9. The minimum absolute atomic E-state index is 0.453. The Hall–Kier alpha value is -1.39. The SMILES string of the molecule is O=C1Nc2ccccc2C1(O)C(O)CC1CC1. The van der Waals surface area contributed by atoms with Crippen LogP contribution in [0.1, 0.15) is 24.8 Å². The lowest BCUT2D eigenvalue weighted by Crippen LogP contribution is -2.45. The first-order chi connectivity index (χ1) is 8.12. The number of aliphatic hydroxyl groups is 2. The summed E-state index contributed by atoms with van der Waals surface area (Å²) in [7, 11) is 0. The summed E-state index contributed by atoms with van der Waals surface area (Å²) in [6.45, 7) is 0. The average molecular weight is 233 g/mol. The first kappa shape index (κ1) is 10.7. The highest BCUT2D eigenvalue weighted by atomic mass is 16.4. The van der Waals surface area contributed by atoms with Gasteiger partial charge in [0.1, 0.15) is 0 Å². The van der Waals surface area contributed by atoms with E-state index in [-0.39, 0.29) is 0 Å². The van der Waals surface area contributed by atoms with Crippen molar-refractivity contribution < 1.29 is 15.0 Å². The minimum Gasteiger partial charge on any atom is -0.389 e. The molecule has 0 spiro atoms. The Morgan fingerprint density at radius 3 is 2.82 bits per heavy atom. The molecule has 4 nitrogen and oxygen atoms in total. The quantitative estimate of drug-likeness (QED) is 0.729. The number of benzene rings is 1. The van der Waals surface area contributed by atoms with Gasteiger partial charge in [-0.05, 0) is 18.4 Å². The van der Waals surface area contributed by atoms with Crippen LogP contribution in [0.5, 0.6) is 0 Å². The molecule has 1 amide bonds.